The molecule has 28 heavy (non-hydrogen) atoms. The van der Waals surface area contributed by atoms with Crippen LogP contribution in [0.25, 0.3) is 11.4 Å². The number of ether oxygens (including phenoxy) is 1. The van der Waals surface area contributed by atoms with Crippen molar-refractivity contribution < 1.29 is 14.3 Å². The van der Waals surface area contributed by atoms with Gasteiger partial charge in [0.2, 0.25) is 5.82 Å². The first kappa shape index (κ1) is 19.5. The SMILES string of the molecule is CCOC(=O)C1=C(Cn2nnc(-c3ccc(C(C)C)cc3)n2)NC(=O)N[C@H]1C. The molecule has 3 rings (SSSR count). The Morgan fingerprint density at radius 3 is 2.64 bits per heavy atom. The van der Waals surface area contributed by atoms with Gasteiger partial charge < -0.3 is 15.4 Å². The fourth-order valence-electron chi connectivity index (χ4n) is 2.99. The van der Waals surface area contributed by atoms with Crippen LogP contribution in [0.3, 0.4) is 0 Å². The van der Waals surface area contributed by atoms with Crippen LogP contribution in [0.4, 0.5) is 4.79 Å². The van der Waals surface area contributed by atoms with Crippen molar-refractivity contribution in [3.8, 4) is 11.4 Å². The van der Waals surface area contributed by atoms with Crippen molar-refractivity contribution in [2.75, 3.05) is 6.61 Å². The lowest BCUT2D eigenvalue weighted by molar-refractivity contribution is -0.139. The standard InChI is InChI=1S/C19H24N6O3/c1-5-28-18(26)16-12(4)20-19(27)21-15(16)10-25-23-17(22-24-25)14-8-6-13(7-9-14)11(2)3/h6-9,11-12H,5,10H2,1-4H3,(H2,20,21,27)/t12-/m0/s1. The van der Waals surface area contributed by atoms with E-state index in [-0.39, 0.29) is 19.2 Å². The molecular weight excluding hydrogens is 360 g/mol. The number of rotatable bonds is 6. The predicted molar refractivity (Wildman–Crippen MR) is 102 cm³/mol. The van der Waals surface area contributed by atoms with Crippen LogP contribution in [0, 0.1) is 0 Å². The second-order valence-corrected chi connectivity index (χ2v) is 6.85. The molecule has 1 aliphatic heterocycles. The molecule has 2 heterocycles. The molecule has 9 nitrogen and oxygen atoms in total. The number of benzene rings is 1. The van der Waals surface area contributed by atoms with Crippen LogP contribution < -0.4 is 10.6 Å². The van der Waals surface area contributed by atoms with E-state index in [2.05, 4.69) is 39.9 Å². The van der Waals surface area contributed by atoms with Crippen LogP contribution in [-0.2, 0) is 16.1 Å². The van der Waals surface area contributed by atoms with Crippen LogP contribution >= 0.6 is 0 Å². The highest BCUT2D eigenvalue weighted by molar-refractivity contribution is 5.94. The van der Waals surface area contributed by atoms with Crippen LogP contribution in [0.1, 0.15) is 39.2 Å². The third-order valence-electron chi connectivity index (χ3n) is 4.45. The Bertz CT molecular complexity index is 901. The Morgan fingerprint density at radius 2 is 2.00 bits per heavy atom. The normalized spacial score (nSPS) is 16.8. The van der Waals surface area contributed by atoms with Gasteiger partial charge in [-0.15, -0.1) is 10.2 Å². The molecule has 0 saturated heterocycles. The van der Waals surface area contributed by atoms with Crippen molar-refractivity contribution in [3.05, 3.63) is 41.1 Å². The van der Waals surface area contributed by atoms with Gasteiger partial charge in [0.05, 0.1) is 23.9 Å². The summed E-state index contributed by atoms with van der Waals surface area (Å²) < 4.78 is 5.11. The maximum Gasteiger partial charge on any atom is 0.337 e. The number of hydrogen-bond acceptors (Lipinski definition) is 6. The lowest BCUT2D eigenvalue weighted by Crippen LogP contribution is -2.50. The van der Waals surface area contributed by atoms with Crippen molar-refractivity contribution in [2.24, 2.45) is 0 Å². The summed E-state index contributed by atoms with van der Waals surface area (Å²) in [5, 5.41) is 17.8. The zero-order chi connectivity index (χ0) is 20.3. The lowest BCUT2D eigenvalue weighted by atomic mass is 10.0. The molecule has 2 aromatic rings. The molecule has 0 spiro atoms. The highest BCUT2D eigenvalue weighted by Gasteiger charge is 2.30. The number of nitrogens with one attached hydrogen (secondary N) is 2. The predicted octanol–water partition coefficient (Wildman–Crippen LogP) is 1.98. The van der Waals surface area contributed by atoms with Crippen LogP contribution in [-0.4, -0.2) is 44.9 Å². The average Bonchev–Trinajstić information content (AvgIpc) is 3.10. The maximum absolute atomic E-state index is 12.3. The first-order valence-corrected chi connectivity index (χ1v) is 9.24. The zero-order valence-corrected chi connectivity index (χ0v) is 16.4. The molecule has 0 saturated carbocycles. The highest BCUT2D eigenvalue weighted by Crippen LogP contribution is 2.20. The van der Waals surface area contributed by atoms with Gasteiger partial charge in [0.25, 0.3) is 0 Å². The molecule has 2 N–H and O–H groups in total. The molecule has 1 aromatic heterocycles. The third kappa shape index (κ3) is 4.19. The van der Waals surface area contributed by atoms with E-state index in [0.717, 1.165) is 5.56 Å². The van der Waals surface area contributed by atoms with E-state index in [4.69, 9.17) is 4.74 Å². The number of amides is 2. The van der Waals surface area contributed by atoms with Gasteiger partial charge in [0.1, 0.15) is 6.54 Å². The van der Waals surface area contributed by atoms with Crippen molar-refractivity contribution in [1.82, 2.24) is 30.8 Å². The third-order valence-corrected chi connectivity index (χ3v) is 4.45. The van der Waals surface area contributed by atoms with Gasteiger partial charge >= 0.3 is 12.0 Å². The summed E-state index contributed by atoms with van der Waals surface area (Å²) in [7, 11) is 0. The molecule has 0 fully saturated rings. The molecule has 148 valence electrons. The number of carbonyl (C=O) groups excluding carboxylic acids is 2. The summed E-state index contributed by atoms with van der Waals surface area (Å²) in [6.45, 7) is 8.06. The Morgan fingerprint density at radius 1 is 1.29 bits per heavy atom. The Labute approximate surface area is 163 Å². The van der Waals surface area contributed by atoms with Crippen molar-refractivity contribution in [2.45, 2.75) is 46.2 Å². The Balaban J connectivity index is 1.85. The van der Waals surface area contributed by atoms with E-state index in [1.807, 2.05) is 24.3 Å². The van der Waals surface area contributed by atoms with Gasteiger partial charge in [-0.25, -0.2) is 9.59 Å². The largest absolute Gasteiger partial charge is 0.463 e. The topological polar surface area (TPSA) is 111 Å². The van der Waals surface area contributed by atoms with Gasteiger partial charge in [0.15, 0.2) is 0 Å². The molecule has 9 heteroatoms. The molecule has 1 aromatic carbocycles. The van der Waals surface area contributed by atoms with E-state index in [1.165, 1.54) is 10.4 Å². The molecule has 0 radical (unpaired) electrons. The number of nitrogens with zero attached hydrogens (tertiary/aromatic N) is 4. The highest BCUT2D eigenvalue weighted by atomic mass is 16.5. The number of aromatic nitrogens is 4. The number of hydrogen-bond donors (Lipinski definition) is 2. The molecule has 1 aliphatic rings. The number of carbonyl (C=O) groups is 2. The molecular formula is C19H24N6O3. The average molecular weight is 384 g/mol. The molecule has 1 atom stereocenters. The van der Waals surface area contributed by atoms with Crippen molar-refractivity contribution >= 4 is 12.0 Å². The quantitative estimate of drug-likeness (QED) is 0.737. The van der Waals surface area contributed by atoms with Gasteiger partial charge in [-0.3, -0.25) is 0 Å². The second-order valence-electron chi connectivity index (χ2n) is 6.85. The summed E-state index contributed by atoms with van der Waals surface area (Å²) in [5.74, 6) is 0.431. The smallest absolute Gasteiger partial charge is 0.337 e. The summed E-state index contributed by atoms with van der Waals surface area (Å²) in [6.07, 6.45) is 0. The number of urea groups is 1. The van der Waals surface area contributed by atoms with Gasteiger partial charge in [0, 0.05) is 5.56 Å². The summed E-state index contributed by atoms with van der Waals surface area (Å²) in [6, 6.07) is 7.12. The van der Waals surface area contributed by atoms with Gasteiger partial charge in [-0.1, -0.05) is 38.1 Å². The van der Waals surface area contributed by atoms with Gasteiger partial charge in [-0.05, 0) is 30.5 Å². The Kier molecular flexibility index (Phi) is 5.72. The number of tetrazole rings is 1. The Hall–Kier alpha value is -3.23. The second kappa shape index (κ2) is 8.20. The van der Waals surface area contributed by atoms with Crippen LogP contribution in [0.5, 0.6) is 0 Å². The van der Waals surface area contributed by atoms with Crippen molar-refractivity contribution in [3.63, 3.8) is 0 Å². The van der Waals surface area contributed by atoms with E-state index in [0.29, 0.717) is 23.0 Å². The lowest BCUT2D eigenvalue weighted by Gasteiger charge is -2.26. The summed E-state index contributed by atoms with van der Waals surface area (Å²) in [4.78, 5) is 25.5. The zero-order valence-electron chi connectivity index (χ0n) is 16.4. The molecule has 0 unspecified atom stereocenters. The monoisotopic (exact) mass is 384 g/mol. The fraction of sp³-hybridized carbons (Fsp3) is 0.421. The first-order chi connectivity index (χ1) is 13.4. The van der Waals surface area contributed by atoms with Gasteiger partial charge in [-0.2, -0.15) is 4.80 Å². The van der Waals surface area contributed by atoms with Crippen LogP contribution in [0.2, 0.25) is 0 Å². The van der Waals surface area contributed by atoms with E-state index in [9.17, 15) is 9.59 Å². The van der Waals surface area contributed by atoms with E-state index in [1.54, 1.807) is 13.8 Å². The minimum atomic E-state index is -0.484. The minimum Gasteiger partial charge on any atom is -0.463 e. The van der Waals surface area contributed by atoms with E-state index >= 15 is 0 Å². The first-order valence-electron chi connectivity index (χ1n) is 9.24. The molecule has 0 bridgehead atoms. The molecule has 0 aliphatic carbocycles. The fourth-order valence-corrected chi connectivity index (χ4v) is 2.99. The molecule has 2 amide bonds. The summed E-state index contributed by atoms with van der Waals surface area (Å²) in [5.41, 5.74) is 2.82. The van der Waals surface area contributed by atoms with Crippen LogP contribution in [0.15, 0.2) is 35.5 Å². The minimum absolute atomic E-state index is 0.100. The van der Waals surface area contributed by atoms with Crippen molar-refractivity contribution in [1.29, 1.82) is 0 Å². The number of allylic oxidation sites excluding steroid dienone is 1. The number of esters is 1. The van der Waals surface area contributed by atoms with E-state index < -0.39 is 12.0 Å². The summed E-state index contributed by atoms with van der Waals surface area (Å²) >= 11 is 0. The maximum atomic E-state index is 12.3.